The average Bonchev–Trinajstić information content (AvgIpc) is 2.65. The quantitative estimate of drug-likeness (QED) is 0.880. The van der Waals surface area contributed by atoms with E-state index in [0.717, 1.165) is 11.1 Å². The van der Waals surface area contributed by atoms with Crippen molar-refractivity contribution in [2.45, 2.75) is 19.3 Å². The lowest BCUT2D eigenvalue weighted by atomic mass is 10.0. The number of carbonyl (C=O) groups excluding carboxylic acids is 2. The third-order valence-corrected chi connectivity index (χ3v) is 4.25. The molecule has 1 aliphatic heterocycles. The number of hydrazone groups is 1. The van der Waals surface area contributed by atoms with Crippen molar-refractivity contribution in [1.82, 2.24) is 9.99 Å². The fraction of sp³-hybridized carbons (Fsp3) is 0.211. The van der Waals surface area contributed by atoms with E-state index in [4.69, 9.17) is 16.9 Å². The van der Waals surface area contributed by atoms with Gasteiger partial charge < -0.3 is 5.32 Å². The fourth-order valence-corrected chi connectivity index (χ4v) is 2.93. The Kier molecular flexibility index (Phi) is 5.48. The van der Waals surface area contributed by atoms with Crippen molar-refractivity contribution in [1.29, 1.82) is 5.26 Å². The molecule has 0 atom stereocenters. The number of hydrogen-bond donors (Lipinski definition) is 1. The van der Waals surface area contributed by atoms with Gasteiger partial charge >= 0.3 is 0 Å². The van der Waals surface area contributed by atoms with Crippen molar-refractivity contribution < 1.29 is 9.59 Å². The molecular formula is C19H16ClN5O2. The van der Waals surface area contributed by atoms with Crippen LogP contribution in [0, 0.1) is 11.3 Å². The molecule has 0 unspecified atom stereocenters. The Hall–Kier alpha value is -3.24. The zero-order valence-corrected chi connectivity index (χ0v) is 15.3. The Morgan fingerprint density at radius 1 is 1.30 bits per heavy atom. The number of nitrogens with one attached hydrogen (secondary N) is 1. The molecule has 1 aromatic heterocycles. The molecule has 0 aliphatic carbocycles. The van der Waals surface area contributed by atoms with Crippen LogP contribution in [0.4, 0.5) is 5.82 Å². The number of aromatic nitrogens is 1. The van der Waals surface area contributed by atoms with Crippen molar-refractivity contribution in [3.8, 4) is 6.07 Å². The van der Waals surface area contributed by atoms with Crippen molar-refractivity contribution in [2.24, 2.45) is 5.10 Å². The summed E-state index contributed by atoms with van der Waals surface area (Å²) < 4.78 is 0. The largest absolute Gasteiger partial charge is 0.305 e. The number of anilines is 1. The molecule has 3 rings (SSSR count). The van der Waals surface area contributed by atoms with Gasteiger partial charge in [0.25, 0.3) is 5.91 Å². The summed E-state index contributed by atoms with van der Waals surface area (Å²) >= 11 is 6.02. The second-order valence-electron chi connectivity index (χ2n) is 6.11. The first-order chi connectivity index (χ1) is 12.9. The van der Waals surface area contributed by atoms with Crippen LogP contribution in [0.25, 0.3) is 0 Å². The topological polar surface area (TPSA) is 98.5 Å². The number of rotatable bonds is 4. The standard InChI is InChI=1S/C19H16ClN5O2/c1-25-18(26)5-3-16(24-25)19(27)23-17-4-2-12(11-22-17)6-13-7-14(10-21)9-15(20)8-13/h2,4,7-9,11H,3,5-6H2,1H3,(H,22,23,27). The van der Waals surface area contributed by atoms with E-state index in [1.54, 1.807) is 30.5 Å². The Morgan fingerprint density at radius 2 is 2.11 bits per heavy atom. The van der Waals surface area contributed by atoms with Crippen LogP contribution in [0.3, 0.4) is 0 Å². The predicted molar refractivity (Wildman–Crippen MR) is 101 cm³/mol. The zero-order chi connectivity index (χ0) is 19.4. The number of nitrogens with zero attached hydrogens (tertiary/aromatic N) is 4. The number of nitriles is 1. The first-order valence-electron chi connectivity index (χ1n) is 8.24. The third kappa shape index (κ3) is 4.68. The van der Waals surface area contributed by atoms with E-state index in [2.05, 4.69) is 21.5 Å². The maximum Gasteiger partial charge on any atom is 0.273 e. The Morgan fingerprint density at radius 3 is 2.78 bits per heavy atom. The van der Waals surface area contributed by atoms with Crippen molar-refractivity contribution >= 4 is 34.9 Å². The van der Waals surface area contributed by atoms with Crippen molar-refractivity contribution in [3.05, 3.63) is 58.2 Å². The lowest BCUT2D eigenvalue weighted by molar-refractivity contribution is -0.130. The van der Waals surface area contributed by atoms with Crippen LogP contribution in [-0.4, -0.2) is 34.6 Å². The Bertz CT molecular complexity index is 963. The van der Waals surface area contributed by atoms with Crippen LogP contribution >= 0.6 is 11.6 Å². The molecule has 136 valence electrons. The molecule has 0 radical (unpaired) electrons. The number of halogens is 1. The van der Waals surface area contributed by atoms with Gasteiger partial charge in [-0.3, -0.25) is 9.59 Å². The molecule has 1 N–H and O–H groups in total. The minimum atomic E-state index is -0.372. The molecule has 0 spiro atoms. The van der Waals surface area contributed by atoms with Gasteiger partial charge in [-0.25, -0.2) is 9.99 Å². The number of hydrogen-bond acceptors (Lipinski definition) is 5. The minimum Gasteiger partial charge on any atom is -0.305 e. The van der Waals surface area contributed by atoms with Gasteiger partial charge in [0.15, 0.2) is 0 Å². The maximum absolute atomic E-state index is 12.2. The summed E-state index contributed by atoms with van der Waals surface area (Å²) in [5.74, 6) is -0.0903. The molecule has 1 aliphatic rings. The molecule has 7 nitrogen and oxygen atoms in total. The average molecular weight is 382 g/mol. The molecule has 0 fully saturated rings. The van der Waals surface area contributed by atoms with Crippen LogP contribution in [0.5, 0.6) is 0 Å². The first kappa shape index (κ1) is 18.5. The van der Waals surface area contributed by atoms with E-state index < -0.39 is 0 Å². The molecule has 1 aromatic carbocycles. The van der Waals surface area contributed by atoms with Gasteiger partial charge in [-0.2, -0.15) is 10.4 Å². The summed E-state index contributed by atoms with van der Waals surface area (Å²) in [5, 5.41) is 17.4. The SMILES string of the molecule is CN1N=C(C(=O)Nc2ccc(Cc3cc(Cl)cc(C#N)c3)cn2)CCC1=O. The molecule has 2 heterocycles. The summed E-state index contributed by atoms with van der Waals surface area (Å²) in [5.41, 5.74) is 2.62. The molecular weight excluding hydrogens is 366 g/mol. The lowest BCUT2D eigenvalue weighted by Gasteiger charge is -2.18. The van der Waals surface area contributed by atoms with Crippen LogP contribution in [0.1, 0.15) is 29.5 Å². The summed E-state index contributed by atoms with van der Waals surface area (Å²) in [6.45, 7) is 0. The minimum absolute atomic E-state index is 0.116. The monoisotopic (exact) mass is 381 g/mol. The Labute approximate surface area is 161 Å². The van der Waals surface area contributed by atoms with Gasteiger partial charge in [0.2, 0.25) is 5.91 Å². The van der Waals surface area contributed by atoms with Crippen molar-refractivity contribution in [3.63, 3.8) is 0 Å². The van der Waals surface area contributed by atoms with Gasteiger partial charge in [-0.1, -0.05) is 17.7 Å². The molecule has 8 heteroatoms. The number of pyridine rings is 1. The molecule has 0 saturated carbocycles. The van der Waals surface area contributed by atoms with E-state index in [1.165, 1.54) is 12.1 Å². The third-order valence-electron chi connectivity index (χ3n) is 4.03. The lowest BCUT2D eigenvalue weighted by Crippen LogP contribution is -2.34. The van der Waals surface area contributed by atoms with Crippen LogP contribution in [0.2, 0.25) is 5.02 Å². The van der Waals surface area contributed by atoms with Gasteiger partial charge in [-0.15, -0.1) is 0 Å². The fourth-order valence-electron chi connectivity index (χ4n) is 2.68. The molecule has 0 bridgehead atoms. The highest BCUT2D eigenvalue weighted by molar-refractivity contribution is 6.43. The zero-order valence-electron chi connectivity index (χ0n) is 14.6. The highest BCUT2D eigenvalue weighted by Gasteiger charge is 2.22. The number of carbonyl (C=O) groups is 2. The summed E-state index contributed by atoms with van der Waals surface area (Å²) in [6.07, 6.45) is 2.79. The Balaban J connectivity index is 1.66. The van der Waals surface area contributed by atoms with Gasteiger partial charge in [0.1, 0.15) is 11.5 Å². The maximum atomic E-state index is 12.2. The van der Waals surface area contributed by atoms with Crippen LogP contribution in [0.15, 0.2) is 41.6 Å². The molecule has 2 amide bonds. The van der Waals surface area contributed by atoms with Gasteiger partial charge in [0.05, 0.1) is 11.6 Å². The predicted octanol–water partition coefficient (Wildman–Crippen LogP) is 2.74. The second kappa shape index (κ2) is 7.98. The van der Waals surface area contributed by atoms with Crippen LogP contribution in [-0.2, 0) is 16.0 Å². The first-order valence-corrected chi connectivity index (χ1v) is 8.62. The molecule has 27 heavy (non-hydrogen) atoms. The second-order valence-corrected chi connectivity index (χ2v) is 6.54. The molecule has 2 aromatic rings. The van der Waals surface area contributed by atoms with E-state index in [0.29, 0.717) is 35.0 Å². The van der Waals surface area contributed by atoms with Crippen LogP contribution < -0.4 is 5.32 Å². The summed E-state index contributed by atoms with van der Waals surface area (Å²) in [7, 11) is 1.52. The molecule has 0 saturated heterocycles. The number of benzene rings is 1. The van der Waals surface area contributed by atoms with E-state index in [-0.39, 0.29) is 18.2 Å². The highest BCUT2D eigenvalue weighted by Crippen LogP contribution is 2.18. The van der Waals surface area contributed by atoms with E-state index >= 15 is 0 Å². The van der Waals surface area contributed by atoms with Gasteiger partial charge in [-0.05, 0) is 41.8 Å². The smallest absolute Gasteiger partial charge is 0.273 e. The normalized spacial score (nSPS) is 13.7. The summed E-state index contributed by atoms with van der Waals surface area (Å²) in [4.78, 5) is 27.9. The van der Waals surface area contributed by atoms with E-state index in [9.17, 15) is 9.59 Å². The highest BCUT2D eigenvalue weighted by atomic mass is 35.5. The summed E-state index contributed by atoms with van der Waals surface area (Å²) in [6, 6.07) is 10.8. The van der Waals surface area contributed by atoms with Gasteiger partial charge in [0, 0.05) is 31.1 Å². The van der Waals surface area contributed by atoms with Crippen molar-refractivity contribution in [2.75, 3.05) is 12.4 Å². The number of amides is 2. The van der Waals surface area contributed by atoms with E-state index in [1.807, 2.05) is 6.07 Å².